The van der Waals surface area contributed by atoms with Gasteiger partial charge in [0, 0.05) is 25.8 Å². The third-order valence-corrected chi connectivity index (χ3v) is 4.83. The van der Waals surface area contributed by atoms with Crippen molar-refractivity contribution in [3.63, 3.8) is 0 Å². The van der Waals surface area contributed by atoms with Gasteiger partial charge in [-0.25, -0.2) is 0 Å². The lowest BCUT2D eigenvalue weighted by Crippen LogP contribution is -2.53. The number of likely N-dealkylation sites (N-methyl/N-ethyl adjacent to an activating group) is 1. The molecule has 0 amide bonds. The van der Waals surface area contributed by atoms with E-state index in [1.54, 1.807) is 0 Å². The minimum atomic E-state index is 0.102. The van der Waals surface area contributed by atoms with Crippen LogP contribution in [-0.2, 0) is 0 Å². The van der Waals surface area contributed by atoms with Gasteiger partial charge in [0.1, 0.15) is 0 Å². The molecule has 0 aromatic heterocycles. The van der Waals surface area contributed by atoms with Gasteiger partial charge in [-0.05, 0) is 70.0 Å². The first-order valence-electron chi connectivity index (χ1n) is 7.68. The number of likely N-dealkylation sites (tertiary alicyclic amines) is 1. The van der Waals surface area contributed by atoms with Crippen LogP contribution in [0.25, 0.3) is 0 Å². The second-order valence-corrected chi connectivity index (χ2v) is 6.49. The summed E-state index contributed by atoms with van der Waals surface area (Å²) in [4.78, 5) is 4.86. The zero-order chi connectivity index (χ0) is 14.8. The summed E-state index contributed by atoms with van der Waals surface area (Å²) in [6.07, 6.45) is 3.55. The van der Waals surface area contributed by atoms with Crippen LogP contribution >= 0.6 is 0 Å². The van der Waals surface area contributed by atoms with E-state index < -0.39 is 0 Å². The lowest BCUT2D eigenvalue weighted by Gasteiger charge is -2.42. The van der Waals surface area contributed by atoms with E-state index in [-0.39, 0.29) is 5.54 Å². The van der Waals surface area contributed by atoms with E-state index in [4.69, 9.17) is 5.73 Å². The molecule has 112 valence electrons. The Kier molecular flexibility index (Phi) is 4.71. The summed E-state index contributed by atoms with van der Waals surface area (Å²) >= 11 is 0. The fourth-order valence-electron chi connectivity index (χ4n) is 3.41. The minimum absolute atomic E-state index is 0.102. The zero-order valence-electron chi connectivity index (χ0n) is 13.4. The molecular formula is C17H29N3. The Labute approximate surface area is 123 Å². The molecule has 1 unspecified atom stereocenters. The quantitative estimate of drug-likeness (QED) is 0.920. The molecule has 1 saturated heterocycles. The predicted octanol–water partition coefficient (Wildman–Crippen LogP) is 2.55. The highest BCUT2D eigenvalue weighted by Crippen LogP contribution is 2.32. The molecule has 0 bridgehead atoms. The monoisotopic (exact) mass is 275 g/mol. The van der Waals surface area contributed by atoms with Crippen molar-refractivity contribution in [2.45, 2.75) is 38.6 Å². The molecule has 3 nitrogen and oxygen atoms in total. The van der Waals surface area contributed by atoms with Crippen molar-refractivity contribution in [3.8, 4) is 0 Å². The average Bonchev–Trinajstić information content (AvgIpc) is 2.59. The van der Waals surface area contributed by atoms with Crippen LogP contribution < -0.4 is 10.6 Å². The Bertz CT molecular complexity index is 437. The third-order valence-electron chi connectivity index (χ3n) is 4.83. The fourth-order valence-corrected chi connectivity index (χ4v) is 3.41. The summed E-state index contributed by atoms with van der Waals surface area (Å²) in [5.41, 5.74) is 10.3. The van der Waals surface area contributed by atoms with E-state index in [2.05, 4.69) is 55.9 Å². The fraction of sp³-hybridized carbons (Fsp3) is 0.647. The maximum atomic E-state index is 6.21. The summed E-state index contributed by atoms with van der Waals surface area (Å²) < 4.78 is 0. The van der Waals surface area contributed by atoms with Crippen LogP contribution in [0, 0.1) is 13.8 Å². The molecule has 0 radical (unpaired) electrons. The van der Waals surface area contributed by atoms with Gasteiger partial charge in [-0.2, -0.15) is 0 Å². The molecule has 0 spiro atoms. The Balaban J connectivity index is 2.29. The Morgan fingerprint density at radius 2 is 1.80 bits per heavy atom. The Hall–Kier alpha value is -1.06. The van der Waals surface area contributed by atoms with E-state index >= 15 is 0 Å². The van der Waals surface area contributed by atoms with Crippen LogP contribution in [-0.4, -0.2) is 44.2 Å². The summed E-state index contributed by atoms with van der Waals surface area (Å²) in [6.45, 7) is 7.37. The molecule has 0 aliphatic carbocycles. The van der Waals surface area contributed by atoms with E-state index in [9.17, 15) is 0 Å². The van der Waals surface area contributed by atoms with Gasteiger partial charge in [0.15, 0.2) is 0 Å². The normalized spacial score (nSPS) is 24.4. The topological polar surface area (TPSA) is 32.5 Å². The highest BCUT2D eigenvalue weighted by Gasteiger charge is 2.35. The number of benzene rings is 1. The van der Waals surface area contributed by atoms with Gasteiger partial charge in [-0.15, -0.1) is 0 Å². The lowest BCUT2D eigenvalue weighted by atomic mass is 9.88. The van der Waals surface area contributed by atoms with Gasteiger partial charge in [0.25, 0.3) is 0 Å². The van der Waals surface area contributed by atoms with Crippen molar-refractivity contribution in [1.82, 2.24) is 4.90 Å². The van der Waals surface area contributed by atoms with Crippen molar-refractivity contribution >= 4 is 5.69 Å². The zero-order valence-corrected chi connectivity index (χ0v) is 13.4. The highest BCUT2D eigenvalue weighted by atomic mass is 15.2. The van der Waals surface area contributed by atoms with Crippen molar-refractivity contribution in [2.24, 2.45) is 5.73 Å². The van der Waals surface area contributed by atoms with Crippen LogP contribution in [0.5, 0.6) is 0 Å². The van der Waals surface area contributed by atoms with Gasteiger partial charge in [0.2, 0.25) is 0 Å². The number of hydrogen-bond donors (Lipinski definition) is 1. The molecule has 3 heteroatoms. The molecule has 0 saturated carbocycles. The maximum absolute atomic E-state index is 6.21. The first-order valence-corrected chi connectivity index (χ1v) is 7.68. The number of aryl methyl sites for hydroxylation is 2. The second-order valence-electron chi connectivity index (χ2n) is 6.49. The first kappa shape index (κ1) is 15.3. The van der Waals surface area contributed by atoms with E-state index in [1.807, 2.05) is 0 Å². The molecule has 2 N–H and O–H groups in total. The number of nitrogens with two attached hydrogens (primary N) is 1. The first-order chi connectivity index (χ1) is 9.47. The molecule has 1 heterocycles. The largest absolute Gasteiger partial charge is 0.368 e. The van der Waals surface area contributed by atoms with E-state index in [1.165, 1.54) is 36.2 Å². The summed E-state index contributed by atoms with van der Waals surface area (Å²) in [6, 6.07) is 6.78. The van der Waals surface area contributed by atoms with Crippen molar-refractivity contribution in [2.75, 3.05) is 38.6 Å². The molecule has 1 aromatic rings. The molecule has 1 aliphatic heterocycles. The summed E-state index contributed by atoms with van der Waals surface area (Å²) in [5, 5.41) is 0. The maximum Gasteiger partial charge on any atom is 0.0533 e. The van der Waals surface area contributed by atoms with Gasteiger partial charge in [0.05, 0.1) is 5.54 Å². The van der Waals surface area contributed by atoms with Crippen LogP contribution in [0.1, 0.15) is 30.4 Å². The Morgan fingerprint density at radius 3 is 2.40 bits per heavy atom. The van der Waals surface area contributed by atoms with Crippen molar-refractivity contribution in [3.05, 3.63) is 29.3 Å². The molecule has 1 fully saturated rings. The molecular weight excluding hydrogens is 246 g/mol. The predicted molar refractivity (Wildman–Crippen MR) is 87.5 cm³/mol. The van der Waals surface area contributed by atoms with Gasteiger partial charge in [-0.3, -0.25) is 0 Å². The second kappa shape index (κ2) is 6.15. The van der Waals surface area contributed by atoms with E-state index in [0.717, 1.165) is 19.5 Å². The van der Waals surface area contributed by atoms with Crippen LogP contribution in [0.15, 0.2) is 18.2 Å². The lowest BCUT2D eigenvalue weighted by molar-refractivity contribution is 0.324. The van der Waals surface area contributed by atoms with Gasteiger partial charge in [-0.1, -0.05) is 6.07 Å². The number of nitrogens with zero attached hydrogens (tertiary/aromatic N) is 2. The van der Waals surface area contributed by atoms with Crippen LogP contribution in [0.3, 0.4) is 0 Å². The minimum Gasteiger partial charge on any atom is -0.368 e. The summed E-state index contributed by atoms with van der Waals surface area (Å²) in [5.74, 6) is 0. The van der Waals surface area contributed by atoms with Gasteiger partial charge >= 0.3 is 0 Å². The number of rotatable bonds is 3. The third kappa shape index (κ3) is 3.15. The highest BCUT2D eigenvalue weighted by molar-refractivity contribution is 5.52. The van der Waals surface area contributed by atoms with Crippen molar-refractivity contribution < 1.29 is 0 Å². The van der Waals surface area contributed by atoms with Crippen molar-refractivity contribution in [1.29, 1.82) is 0 Å². The van der Waals surface area contributed by atoms with E-state index in [0.29, 0.717) is 0 Å². The standard InChI is InChI=1S/C17H29N3/c1-14-10-15(2)12-16(11-14)20(4)17(13-18)6-5-8-19(3)9-7-17/h10-12H,5-9,13,18H2,1-4H3. The smallest absolute Gasteiger partial charge is 0.0533 e. The number of anilines is 1. The summed E-state index contributed by atoms with van der Waals surface area (Å²) in [7, 11) is 4.43. The SMILES string of the molecule is Cc1cc(C)cc(N(C)C2(CN)CCCN(C)CC2)c1. The van der Waals surface area contributed by atoms with Crippen LogP contribution in [0.4, 0.5) is 5.69 Å². The Morgan fingerprint density at radius 1 is 1.15 bits per heavy atom. The number of hydrogen-bond acceptors (Lipinski definition) is 3. The molecule has 1 aliphatic rings. The van der Waals surface area contributed by atoms with Gasteiger partial charge < -0.3 is 15.5 Å². The molecule has 20 heavy (non-hydrogen) atoms. The molecule has 2 rings (SSSR count). The molecule has 1 atom stereocenters. The average molecular weight is 275 g/mol. The van der Waals surface area contributed by atoms with Crippen LogP contribution in [0.2, 0.25) is 0 Å². The molecule has 1 aromatic carbocycles.